The van der Waals surface area contributed by atoms with Crippen LogP contribution in [0.1, 0.15) is 24.5 Å². The number of aliphatic hydroxyl groups excluding tert-OH is 1. The van der Waals surface area contributed by atoms with Crippen LogP contribution in [0.5, 0.6) is 0 Å². The van der Waals surface area contributed by atoms with Gasteiger partial charge in [-0.1, -0.05) is 31.2 Å². The molecule has 1 rings (SSSR count). The van der Waals surface area contributed by atoms with E-state index in [2.05, 4.69) is 43.0 Å². The number of rotatable bonds is 7. The molecule has 16 heavy (non-hydrogen) atoms. The molecule has 1 aromatic rings. The van der Waals surface area contributed by atoms with E-state index in [0.29, 0.717) is 0 Å². The Morgan fingerprint density at radius 3 is 2.56 bits per heavy atom. The Bertz CT molecular complexity index is 299. The minimum atomic E-state index is 0.262. The fraction of sp³-hybridized carbons (Fsp3) is 0.571. The predicted molar refractivity (Wildman–Crippen MR) is 68.7 cm³/mol. The van der Waals surface area contributed by atoms with Crippen LogP contribution in [0.4, 0.5) is 0 Å². The van der Waals surface area contributed by atoms with Crippen LogP contribution in [-0.2, 0) is 6.42 Å². The van der Waals surface area contributed by atoms with Crippen molar-refractivity contribution in [2.45, 2.75) is 26.7 Å². The van der Waals surface area contributed by atoms with Gasteiger partial charge in [-0.25, -0.2) is 0 Å². The maximum absolute atomic E-state index is 8.89. The number of nitrogens with zero attached hydrogens (tertiary/aromatic N) is 1. The van der Waals surface area contributed by atoms with Crippen molar-refractivity contribution in [3.8, 4) is 0 Å². The Morgan fingerprint density at radius 1 is 1.19 bits per heavy atom. The Labute approximate surface area is 98.9 Å². The number of aliphatic hydroxyl groups is 1. The number of hydrogen-bond donors (Lipinski definition) is 1. The fourth-order valence-electron chi connectivity index (χ4n) is 1.95. The van der Waals surface area contributed by atoms with E-state index in [4.69, 9.17) is 5.11 Å². The zero-order valence-electron chi connectivity index (χ0n) is 10.4. The molecule has 0 radical (unpaired) electrons. The SMILES string of the molecule is CCN(CCO)CCCc1ccccc1C. The molecule has 0 heterocycles. The molecule has 0 saturated carbocycles. The van der Waals surface area contributed by atoms with E-state index < -0.39 is 0 Å². The first-order chi connectivity index (χ1) is 7.77. The molecule has 0 fully saturated rings. The van der Waals surface area contributed by atoms with Crippen molar-refractivity contribution in [3.63, 3.8) is 0 Å². The van der Waals surface area contributed by atoms with Crippen LogP contribution < -0.4 is 0 Å². The normalized spacial score (nSPS) is 11.0. The van der Waals surface area contributed by atoms with E-state index in [1.54, 1.807) is 0 Å². The third-order valence-electron chi connectivity index (χ3n) is 3.05. The van der Waals surface area contributed by atoms with Crippen LogP contribution in [0.25, 0.3) is 0 Å². The van der Waals surface area contributed by atoms with Gasteiger partial charge < -0.3 is 10.0 Å². The Balaban J connectivity index is 2.32. The lowest BCUT2D eigenvalue weighted by molar-refractivity contribution is 0.200. The number of hydrogen-bond acceptors (Lipinski definition) is 2. The van der Waals surface area contributed by atoms with Crippen LogP contribution in [0.15, 0.2) is 24.3 Å². The minimum Gasteiger partial charge on any atom is -0.395 e. The monoisotopic (exact) mass is 221 g/mol. The van der Waals surface area contributed by atoms with Gasteiger partial charge in [-0.15, -0.1) is 0 Å². The summed E-state index contributed by atoms with van der Waals surface area (Å²) in [5, 5.41) is 8.89. The second-order valence-electron chi connectivity index (χ2n) is 4.19. The molecule has 2 heteroatoms. The second kappa shape index (κ2) is 7.42. The summed E-state index contributed by atoms with van der Waals surface area (Å²) in [6, 6.07) is 8.56. The van der Waals surface area contributed by atoms with Crippen molar-refractivity contribution in [1.29, 1.82) is 0 Å². The molecule has 0 amide bonds. The topological polar surface area (TPSA) is 23.5 Å². The van der Waals surface area contributed by atoms with Crippen LogP contribution >= 0.6 is 0 Å². The maximum Gasteiger partial charge on any atom is 0.0558 e. The molecule has 0 aliphatic heterocycles. The van der Waals surface area contributed by atoms with Gasteiger partial charge in [-0.2, -0.15) is 0 Å². The van der Waals surface area contributed by atoms with Gasteiger partial charge in [-0.05, 0) is 44.0 Å². The summed E-state index contributed by atoms with van der Waals surface area (Å²) in [6.45, 7) is 7.46. The molecule has 0 aromatic heterocycles. The van der Waals surface area contributed by atoms with Gasteiger partial charge in [0.15, 0.2) is 0 Å². The third kappa shape index (κ3) is 4.33. The predicted octanol–water partition coefficient (Wildman–Crippen LogP) is 2.24. The Kier molecular flexibility index (Phi) is 6.12. The molecule has 0 unspecified atom stereocenters. The summed E-state index contributed by atoms with van der Waals surface area (Å²) in [6.07, 6.45) is 2.30. The molecule has 1 N–H and O–H groups in total. The van der Waals surface area contributed by atoms with Gasteiger partial charge >= 0.3 is 0 Å². The van der Waals surface area contributed by atoms with Crippen molar-refractivity contribution in [2.75, 3.05) is 26.2 Å². The molecule has 2 nitrogen and oxygen atoms in total. The number of benzene rings is 1. The van der Waals surface area contributed by atoms with Crippen molar-refractivity contribution in [3.05, 3.63) is 35.4 Å². The second-order valence-corrected chi connectivity index (χ2v) is 4.19. The maximum atomic E-state index is 8.89. The summed E-state index contributed by atoms with van der Waals surface area (Å²) in [4.78, 5) is 2.29. The van der Waals surface area contributed by atoms with E-state index in [-0.39, 0.29) is 6.61 Å². The standard InChI is InChI=1S/C14H23NO/c1-3-15(11-12-16)10-6-9-14-8-5-4-7-13(14)2/h4-5,7-8,16H,3,6,9-12H2,1-2H3. The van der Waals surface area contributed by atoms with Gasteiger partial charge in [0.2, 0.25) is 0 Å². The first kappa shape index (κ1) is 13.2. The molecule has 90 valence electrons. The van der Waals surface area contributed by atoms with Gasteiger partial charge in [0, 0.05) is 6.54 Å². The molecular formula is C14H23NO. The zero-order valence-corrected chi connectivity index (χ0v) is 10.4. The van der Waals surface area contributed by atoms with Crippen LogP contribution in [0.3, 0.4) is 0 Å². The van der Waals surface area contributed by atoms with E-state index in [1.165, 1.54) is 17.5 Å². The molecule has 0 aliphatic carbocycles. The van der Waals surface area contributed by atoms with Gasteiger partial charge in [-0.3, -0.25) is 0 Å². The third-order valence-corrected chi connectivity index (χ3v) is 3.05. The minimum absolute atomic E-state index is 0.262. The highest BCUT2D eigenvalue weighted by Crippen LogP contribution is 2.09. The van der Waals surface area contributed by atoms with E-state index >= 15 is 0 Å². The Morgan fingerprint density at radius 2 is 1.94 bits per heavy atom. The molecule has 1 aromatic carbocycles. The highest BCUT2D eigenvalue weighted by molar-refractivity contribution is 5.25. The summed E-state index contributed by atoms with van der Waals surface area (Å²) in [5.41, 5.74) is 2.83. The van der Waals surface area contributed by atoms with E-state index in [1.807, 2.05) is 0 Å². The first-order valence-electron chi connectivity index (χ1n) is 6.15. The lowest BCUT2D eigenvalue weighted by Gasteiger charge is -2.18. The van der Waals surface area contributed by atoms with Crippen LogP contribution in [0.2, 0.25) is 0 Å². The van der Waals surface area contributed by atoms with Gasteiger partial charge in [0.05, 0.1) is 6.61 Å². The largest absolute Gasteiger partial charge is 0.395 e. The number of likely N-dealkylation sites (N-methyl/N-ethyl adjacent to an activating group) is 1. The summed E-state index contributed by atoms with van der Waals surface area (Å²) in [7, 11) is 0. The van der Waals surface area contributed by atoms with Crippen molar-refractivity contribution >= 4 is 0 Å². The molecule has 0 atom stereocenters. The first-order valence-corrected chi connectivity index (χ1v) is 6.15. The Hall–Kier alpha value is -0.860. The van der Waals surface area contributed by atoms with Crippen molar-refractivity contribution in [2.24, 2.45) is 0 Å². The fourth-order valence-corrected chi connectivity index (χ4v) is 1.95. The quantitative estimate of drug-likeness (QED) is 0.763. The summed E-state index contributed by atoms with van der Waals surface area (Å²) < 4.78 is 0. The van der Waals surface area contributed by atoms with Crippen molar-refractivity contribution < 1.29 is 5.11 Å². The van der Waals surface area contributed by atoms with Crippen molar-refractivity contribution in [1.82, 2.24) is 4.90 Å². The smallest absolute Gasteiger partial charge is 0.0558 e. The lowest BCUT2D eigenvalue weighted by atomic mass is 10.0. The summed E-state index contributed by atoms with van der Waals surface area (Å²) >= 11 is 0. The van der Waals surface area contributed by atoms with E-state index in [9.17, 15) is 0 Å². The van der Waals surface area contributed by atoms with Gasteiger partial charge in [0.1, 0.15) is 0 Å². The molecule has 0 aliphatic rings. The molecule has 0 saturated heterocycles. The van der Waals surface area contributed by atoms with Gasteiger partial charge in [0.25, 0.3) is 0 Å². The number of aryl methyl sites for hydroxylation is 2. The van der Waals surface area contributed by atoms with Crippen LogP contribution in [-0.4, -0.2) is 36.2 Å². The highest BCUT2D eigenvalue weighted by Gasteiger charge is 2.02. The zero-order chi connectivity index (χ0) is 11.8. The highest BCUT2D eigenvalue weighted by atomic mass is 16.3. The average Bonchev–Trinajstić information content (AvgIpc) is 2.30. The molecular weight excluding hydrogens is 198 g/mol. The average molecular weight is 221 g/mol. The van der Waals surface area contributed by atoms with Crippen LogP contribution in [0, 0.1) is 6.92 Å². The summed E-state index contributed by atoms with van der Waals surface area (Å²) in [5.74, 6) is 0. The molecule has 0 bridgehead atoms. The van der Waals surface area contributed by atoms with E-state index in [0.717, 1.165) is 26.1 Å². The molecule has 0 spiro atoms. The lowest BCUT2D eigenvalue weighted by Crippen LogP contribution is -2.28.